The van der Waals surface area contributed by atoms with Crippen molar-refractivity contribution in [2.24, 2.45) is 5.92 Å². The molecular weight excluding hydrogens is 314 g/mol. The van der Waals surface area contributed by atoms with E-state index in [1.165, 1.54) is 5.56 Å². The first-order valence-electron chi connectivity index (χ1n) is 8.58. The van der Waals surface area contributed by atoms with Crippen molar-refractivity contribution in [1.29, 1.82) is 0 Å². The summed E-state index contributed by atoms with van der Waals surface area (Å²) < 4.78 is 0. The number of benzene rings is 2. The van der Waals surface area contributed by atoms with Gasteiger partial charge < -0.3 is 16.0 Å². The number of carbonyl (C=O) groups excluding carboxylic acids is 2. The molecule has 0 aromatic heterocycles. The molecule has 3 rings (SSSR count). The summed E-state index contributed by atoms with van der Waals surface area (Å²) in [5.74, 6) is -0.138. The zero-order chi connectivity index (χ0) is 17.8. The predicted octanol–water partition coefficient (Wildman–Crippen LogP) is 3.18. The monoisotopic (exact) mass is 337 g/mol. The van der Waals surface area contributed by atoms with Gasteiger partial charge in [0.1, 0.15) is 0 Å². The molecule has 0 atom stereocenters. The van der Waals surface area contributed by atoms with Gasteiger partial charge in [-0.25, -0.2) is 0 Å². The Labute approximate surface area is 147 Å². The van der Waals surface area contributed by atoms with Crippen LogP contribution in [0.15, 0.2) is 42.5 Å². The molecule has 0 fully saturated rings. The molecule has 1 heterocycles. The quantitative estimate of drug-likeness (QED) is 0.785. The number of nitrogens with one attached hydrogen (secondary N) is 3. The number of hydrogen-bond acceptors (Lipinski definition) is 3. The molecule has 0 aliphatic carbocycles. The SMILES string of the molecule is CC(C)C(=O)Nc1ccc(CNC(=O)c2ccc3c(c2)CCN3)cc1. The van der Waals surface area contributed by atoms with Gasteiger partial charge in [0, 0.05) is 35.9 Å². The summed E-state index contributed by atoms with van der Waals surface area (Å²) in [4.78, 5) is 24.0. The van der Waals surface area contributed by atoms with Crippen LogP contribution < -0.4 is 16.0 Å². The fourth-order valence-electron chi connectivity index (χ4n) is 2.72. The Kier molecular flexibility index (Phi) is 5.03. The molecule has 0 spiro atoms. The fourth-order valence-corrected chi connectivity index (χ4v) is 2.72. The van der Waals surface area contributed by atoms with E-state index in [2.05, 4.69) is 16.0 Å². The van der Waals surface area contributed by atoms with Crippen molar-refractivity contribution >= 4 is 23.2 Å². The van der Waals surface area contributed by atoms with Crippen LogP contribution >= 0.6 is 0 Å². The molecule has 0 bridgehead atoms. The number of rotatable bonds is 5. The summed E-state index contributed by atoms with van der Waals surface area (Å²) in [6.45, 7) is 5.09. The molecule has 2 amide bonds. The first-order valence-corrected chi connectivity index (χ1v) is 8.58. The van der Waals surface area contributed by atoms with E-state index in [0.717, 1.165) is 29.9 Å². The molecule has 5 nitrogen and oxygen atoms in total. The maximum atomic E-state index is 12.3. The minimum Gasteiger partial charge on any atom is -0.384 e. The summed E-state index contributed by atoms with van der Waals surface area (Å²) in [6.07, 6.45) is 0.958. The summed E-state index contributed by atoms with van der Waals surface area (Å²) in [6, 6.07) is 13.3. The summed E-state index contributed by atoms with van der Waals surface area (Å²) in [5, 5.41) is 9.08. The van der Waals surface area contributed by atoms with Gasteiger partial charge in [0.05, 0.1) is 0 Å². The lowest BCUT2D eigenvalue weighted by molar-refractivity contribution is -0.118. The Morgan fingerprint density at radius 3 is 2.60 bits per heavy atom. The van der Waals surface area contributed by atoms with Crippen molar-refractivity contribution in [3.05, 3.63) is 59.2 Å². The minimum absolute atomic E-state index is 0.00727. The van der Waals surface area contributed by atoms with Gasteiger partial charge in [0.2, 0.25) is 5.91 Å². The molecule has 2 aromatic carbocycles. The number of anilines is 2. The first-order chi connectivity index (χ1) is 12.0. The molecule has 25 heavy (non-hydrogen) atoms. The zero-order valence-electron chi connectivity index (χ0n) is 14.6. The minimum atomic E-state index is -0.0770. The molecule has 2 aromatic rings. The van der Waals surface area contributed by atoms with Crippen LogP contribution in [0.4, 0.5) is 11.4 Å². The number of fused-ring (bicyclic) bond motifs is 1. The van der Waals surface area contributed by atoms with Crippen LogP contribution in [0.2, 0.25) is 0 Å². The number of hydrogen-bond donors (Lipinski definition) is 3. The van der Waals surface area contributed by atoms with E-state index in [1.54, 1.807) is 0 Å². The van der Waals surface area contributed by atoms with E-state index in [0.29, 0.717) is 12.1 Å². The number of amides is 2. The van der Waals surface area contributed by atoms with Crippen LogP contribution in [-0.4, -0.2) is 18.4 Å². The third-order valence-corrected chi connectivity index (χ3v) is 4.28. The van der Waals surface area contributed by atoms with Crippen LogP contribution in [-0.2, 0) is 17.8 Å². The molecule has 0 unspecified atom stereocenters. The van der Waals surface area contributed by atoms with Gasteiger partial charge in [-0.2, -0.15) is 0 Å². The normalized spacial score (nSPS) is 12.4. The molecule has 130 valence electrons. The van der Waals surface area contributed by atoms with E-state index in [9.17, 15) is 9.59 Å². The van der Waals surface area contributed by atoms with Gasteiger partial charge in [-0.1, -0.05) is 26.0 Å². The van der Waals surface area contributed by atoms with Gasteiger partial charge in [-0.05, 0) is 47.9 Å². The van der Waals surface area contributed by atoms with E-state index in [4.69, 9.17) is 0 Å². The van der Waals surface area contributed by atoms with Gasteiger partial charge in [0.25, 0.3) is 5.91 Å². The molecule has 3 N–H and O–H groups in total. The predicted molar refractivity (Wildman–Crippen MR) is 99.7 cm³/mol. The van der Waals surface area contributed by atoms with Gasteiger partial charge in [-0.3, -0.25) is 9.59 Å². The second kappa shape index (κ2) is 7.38. The Hall–Kier alpha value is -2.82. The zero-order valence-corrected chi connectivity index (χ0v) is 14.6. The first kappa shape index (κ1) is 17.0. The largest absolute Gasteiger partial charge is 0.384 e. The molecular formula is C20H23N3O2. The highest BCUT2D eigenvalue weighted by Gasteiger charge is 2.13. The highest BCUT2D eigenvalue weighted by molar-refractivity contribution is 5.95. The Bertz CT molecular complexity index is 782. The van der Waals surface area contributed by atoms with Crippen molar-refractivity contribution in [3.8, 4) is 0 Å². The van der Waals surface area contributed by atoms with Crippen LogP contribution in [0.5, 0.6) is 0 Å². The average molecular weight is 337 g/mol. The average Bonchev–Trinajstić information content (AvgIpc) is 3.08. The van der Waals surface area contributed by atoms with Crippen molar-refractivity contribution < 1.29 is 9.59 Å². The maximum Gasteiger partial charge on any atom is 0.251 e. The van der Waals surface area contributed by atoms with Gasteiger partial charge in [0.15, 0.2) is 0 Å². The molecule has 0 saturated carbocycles. The highest BCUT2D eigenvalue weighted by atomic mass is 16.2. The molecule has 0 saturated heterocycles. The molecule has 1 aliphatic rings. The number of carbonyl (C=O) groups is 2. The van der Waals surface area contributed by atoms with Crippen molar-refractivity contribution in [2.45, 2.75) is 26.8 Å². The second-order valence-electron chi connectivity index (χ2n) is 6.57. The maximum absolute atomic E-state index is 12.3. The molecule has 5 heteroatoms. The van der Waals surface area contributed by atoms with E-state index in [-0.39, 0.29) is 17.7 Å². The fraction of sp³-hybridized carbons (Fsp3) is 0.300. The topological polar surface area (TPSA) is 70.2 Å². The Morgan fingerprint density at radius 2 is 1.88 bits per heavy atom. The van der Waals surface area contributed by atoms with Crippen LogP contribution in [0, 0.1) is 5.92 Å². The molecule has 1 aliphatic heterocycles. The molecule has 0 radical (unpaired) electrons. The Morgan fingerprint density at radius 1 is 1.12 bits per heavy atom. The summed E-state index contributed by atoms with van der Waals surface area (Å²) in [5.41, 5.74) is 4.75. The van der Waals surface area contributed by atoms with Gasteiger partial charge >= 0.3 is 0 Å². The van der Waals surface area contributed by atoms with E-state index < -0.39 is 0 Å². The second-order valence-corrected chi connectivity index (χ2v) is 6.57. The van der Waals surface area contributed by atoms with Crippen molar-refractivity contribution in [3.63, 3.8) is 0 Å². The highest BCUT2D eigenvalue weighted by Crippen LogP contribution is 2.23. The van der Waals surface area contributed by atoms with E-state index >= 15 is 0 Å². The third-order valence-electron chi connectivity index (χ3n) is 4.28. The third kappa shape index (κ3) is 4.18. The standard InChI is InChI=1S/C20H23N3O2/c1-13(2)19(24)23-17-6-3-14(4-7-17)12-22-20(25)16-5-8-18-15(11-16)9-10-21-18/h3-8,11,13,21H,9-10,12H2,1-2H3,(H,22,25)(H,23,24). The van der Waals surface area contributed by atoms with Crippen LogP contribution in [0.25, 0.3) is 0 Å². The van der Waals surface area contributed by atoms with Crippen LogP contribution in [0.3, 0.4) is 0 Å². The summed E-state index contributed by atoms with van der Waals surface area (Å²) in [7, 11) is 0. The lowest BCUT2D eigenvalue weighted by Gasteiger charge is -2.10. The van der Waals surface area contributed by atoms with Crippen LogP contribution in [0.1, 0.15) is 35.3 Å². The smallest absolute Gasteiger partial charge is 0.251 e. The lowest BCUT2D eigenvalue weighted by Crippen LogP contribution is -2.23. The van der Waals surface area contributed by atoms with Crippen molar-refractivity contribution in [1.82, 2.24) is 5.32 Å². The van der Waals surface area contributed by atoms with Crippen molar-refractivity contribution in [2.75, 3.05) is 17.2 Å². The Balaban J connectivity index is 1.56. The van der Waals surface area contributed by atoms with E-state index in [1.807, 2.05) is 56.3 Å². The van der Waals surface area contributed by atoms with Gasteiger partial charge in [-0.15, -0.1) is 0 Å². The summed E-state index contributed by atoms with van der Waals surface area (Å²) >= 11 is 0. The lowest BCUT2D eigenvalue weighted by atomic mass is 10.1.